The van der Waals surface area contributed by atoms with Crippen LogP contribution in [0.3, 0.4) is 0 Å². The number of methoxy groups -OCH3 is 1. The predicted octanol–water partition coefficient (Wildman–Crippen LogP) is 16.5. The molecule has 81 heavy (non-hydrogen) atoms. The molecule has 0 radical (unpaired) electrons. The summed E-state index contributed by atoms with van der Waals surface area (Å²) in [4.78, 5) is 13.0. The fourth-order valence-electron chi connectivity index (χ4n) is 8.45. The maximum atomic E-state index is 13.6. The Labute approximate surface area is 466 Å². The minimum atomic E-state index is -4.84. The first-order chi connectivity index (χ1) is 38.8. The number of nitrogens with zero attached hydrogens (tertiary/aromatic N) is 8. The van der Waals surface area contributed by atoms with Crippen molar-refractivity contribution in [3.63, 3.8) is 0 Å². The Morgan fingerprint density at radius 3 is 1.74 bits per heavy atom. The number of carbonyl (C=O) groups is 1. The second-order valence-corrected chi connectivity index (χ2v) is 21.6. The van der Waals surface area contributed by atoms with E-state index in [4.69, 9.17) is 14.0 Å². The Morgan fingerprint density at radius 1 is 0.519 bits per heavy atom. The molecule has 410 valence electrons. The summed E-state index contributed by atoms with van der Waals surface area (Å²) >= 11 is 0. The molecule has 0 heterocycles. The first kappa shape index (κ1) is 56.1. The van der Waals surface area contributed by atoms with E-state index in [2.05, 4.69) is 51.5 Å². The van der Waals surface area contributed by atoms with E-state index in [0.29, 0.717) is 56.0 Å². The van der Waals surface area contributed by atoms with Crippen molar-refractivity contribution in [3.8, 4) is 17.2 Å². The highest BCUT2D eigenvalue weighted by atomic mass is 32.2. The Hall–Kier alpha value is -9.61. The van der Waals surface area contributed by atoms with Gasteiger partial charge in [0.1, 0.15) is 27.8 Å². The van der Waals surface area contributed by atoms with Gasteiger partial charge in [0.25, 0.3) is 26.1 Å². The van der Waals surface area contributed by atoms with Crippen LogP contribution in [0.25, 0.3) is 21.5 Å². The van der Waals surface area contributed by atoms with E-state index in [1.165, 1.54) is 37.4 Å². The van der Waals surface area contributed by atoms with Crippen molar-refractivity contribution in [3.05, 3.63) is 186 Å². The number of carbonyl (C=O) groups excluding carboxylic acids is 1. The number of hydrogen-bond donors (Lipinski definition) is 5. The van der Waals surface area contributed by atoms with Gasteiger partial charge in [0.15, 0.2) is 5.75 Å². The van der Waals surface area contributed by atoms with Gasteiger partial charge in [0.2, 0.25) is 0 Å². The smallest absolute Gasteiger partial charge is 0.296 e. The second-order valence-electron chi connectivity index (χ2n) is 18.7. The number of fused-ring (bicyclic) bond motifs is 2. The predicted molar refractivity (Wildman–Crippen MR) is 312 cm³/mol. The minimum absolute atomic E-state index is 0.0246. The number of nitrogens with one attached hydrogen (secondary N) is 2. The number of para-hydroxylation sites is 1. The maximum absolute atomic E-state index is 13.6. The van der Waals surface area contributed by atoms with Crippen molar-refractivity contribution in [1.82, 2.24) is 0 Å². The van der Waals surface area contributed by atoms with Crippen LogP contribution < -0.4 is 20.1 Å². The van der Waals surface area contributed by atoms with E-state index in [9.17, 15) is 31.3 Å². The number of hydrogen-bond acceptors (Lipinski definition) is 17. The molecule has 0 spiro atoms. The molecular formula is C59H52N10O10S2. The summed E-state index contributed by atoms with van der Waals surface area (Å²) in [7, 11) is -7.65. The van der Waals surface area contributed by atoms with Crippen LogP contribution in [0.1, 0.15) is 39.0 Å². The number of azo groups is 4. The summed E-state index contributed by atoms with van der Waals surface area (Å²) in [6.07, 6.45) is -0.0246. The van der Waals surface area contributed by atoms with Crippen molar-refractivity contribution in [1.29, 1.82) is 0 Å². The van der Waals surface area contributed by atoms with E-state index in [0.717, 1.165) is 39.0 Å². The molecule has 9 aromatic carbocycles. The van der Waals surface area contributed by atoms with Gasteiger partial charge in [0, 0.05) is 27.7 Å². The summed E-state index contributed by atoms with van der Waals surface area (Å²) in [5.74, 6) is -0.808. The van der Waals surface area contributed by atoms with Gasteiger partial charge < -0.3 is 25.2 Å². The topological polar surface area (TPSA) is 287 Å². The lowest BCUT2D eigenvalue weighted by atomic mass is 10.1. The number of rotatable bonds is 19. The largest absolute Gasteiger partial charge is 0.505 e. The Morgan fingerprint density at radius 2 is 1.10 bits per heavy atom. The summed E-state index contributed by atoms with van der Waals surface area (Å²) in [5.41, 5.74) is 9.18. The van der Waals surface area contributed by atoms with Crippen LogP contribution in [0.5, 0.6) is 17.2 Å². The van der Waals surface area contributed by atoms with Gasteiger partial charge in [-0.2, -0.15) is 47.5 Å². The lowest BCUT2D eigenvalue weighted by molar-refractivity contribution is 0.102. The molecular weight excluding hydrogens is 1070 g/mol. The third kappa shape index (κ3) is 14.0. The van der Waals surface area contributed by atoms with Gasteiger partial charge in [-0.15, -0.1) is 10.2 Å². The molecule has 0 aliphatic carbocycles. The van der Waals surface area contributed by atoms with Crippen molar-refractivity contribution < 1.29 is 45.3 Å². The number of amides is 1. The Kier molecular flexibility index (Phi) is 16.8. The third-order valence-corrected chi connectivity index (χ3v) is 14.4. The number of phenols is 1. The number of benzene rings is 9. The molecule has 5 N–H and O–H groups in total. The van der Waals surface area contributed by atoms with Crippen LogP contribution in [0.15, 0.2) is 204 Å². The molecule has 9 rings (SSSR count). The van der Waals surface area contributed by atoms with Gasteiger partial charge >= 0.3 is 0 Å². The molecule has 0 aromatic heterocycles. The molecule has 0 aliphatic heterocycles. The van der Waals surface area contributed by atoms with E-state index in [1.807, 2.05) is 107 Å². The molecule has 0 fully saturated rings. The summed E-state index contributed by atoms with van der Waals surface area (Å²) in [5, 5.41) is 54.8. The molecule has 0 saturated heterocycles. The van der Waals surface area contributed by atoms with Crippen LogP contribution in [0.2, 0.25) is 0 Å². The van der Waals surface area contributed by atoms with Gasteiger partial charge in [-0.05, 0) is 188 Å². The number of anilines is 3. The molecule has 20 nitrogen and oxygen atoms in total. The van der Waals surface area contributed by atoms with Crippen LogP contribution in [0.4, 0.5) is 62.6 Å². The third-order valence-electron chi connectivity index (χ3n) is 12.7. The van der Waals surface area contributed by atoms with Crippen LogP contribution >= 0.6 is 0 Å². The molecule has 0 bridgehead atoms. The highest BCUT2D eigenvalue weighted by molar-refractivity contribution is 7.86. The van der Waals surface area contributed by atoms with Crippen molar-refractivity contribution in [2.75, 3.05) is 30.1 Å². The highest BCUT2D eigenvalue weighted by Crippen LogP contribution is 2.40. The molecule has 0 atom stereocenters. The van der Waals surface area contributed by atoms with Crippen LogP contribution in [-0.2, 0) is 20.2 Å². The zero-order valence-electron chi connectivity index (χ0n) is 44.2. The lowest BCUT2D eigenvalue weighted by Crippen LogP contribution is -2.15. The Balaban J connectivity index is 0.820. The van der Waals surface area contributed by atoms with Gasteiger partial charge in [-0.25, -0.2) is 0 Å². The molecule has 22 heteroatoms. The fraction of sp³-hybridized carbons (Fsp3) is 0.136. The molecule has 0 unspecified atom stereocenters. The molecule has 9 aromatic rings. The molecule has 0 saturated carbocycles. The van der Waals surface area contributed by atoms with Crippen molar-refractivity contribution in [2.24, 2.45) is 40.9 Å². The fourth-order valence-corrected chi connectivity index (χ4v) is 9.59. The first-order valence-electron chi connectivity index (χ1n) is 25.0. The normalized spacial score (nSPS) is 12.1. The number of phenolic OH excluding ortho intramolecular Hbond substituents is 1. The monoisotopic (exact) mass is 1120 g/mol. The van der Waals surface area contributed by atoms with Crippen molar-refractivity contribution >= 4 is 110 Å². The Bertz CT molecular complexity index is 4270. The van der Waals surface area contributed by atoms with Crippen LogP contribution in [0, 0.1) is 27.7 Å². The number of aryl methyl sites for hydroxylation is 4. The van der Waals surface area contributed by atoms with Crippen molar-refractivity contribution in [2.45, 2.75) is 39.0 Å². The average Bonchev–Trinajstić information content (AvgIpc) is 3.49. The summed E-state index contributed by atoms with van der Waals surface area (Å²) < 4.78 is 77.7. The number of ether oxygens (including phenoxy) is 2. The maximum Gasteiger partial charge on any atom is 0.296 e. The lowest BCUT2D eigenvalue weighted by Gasteiger charge is -2.14. The standard InChI is InChI=1S/C59H52N10O10S2/c1-35-27-45(63-68-52-29-38(4)53(30-37(52)3)69-67-51-22-15-40-31-43(17-20-46(40)58(51)70)60-42-12-7-6-8-13-42)18-23-48(35)64-62-44-19-24-49(36(2)28-44)65-66-50-21-16-41(32-56(50)78-5)59(71)61-54-34-47-39(33-57(54)81(75,76)77)11-9-14-55(47)79-25-10-26-80(72,73)74/h6-9,11-24,27-34,60,70H,10,25-26H2,1-5H3,(H,61,71)(H,72,73,74)(H,75,76,77). The number of aromatic hydroxyl groups is 1. The highest BCUT2D eigenvalue weighted by Gasteiger charge is 2.22. The van der Waals surface area contributed by atoms with Gasteiger partial charge in [-0.3, -0.25) is 13.9 Å². The van der Waals surface area contributed by atoms with E-state index in [-0.39, 0.29) is 47.2 Å². The summed E-state index contributed by atoms with van der Waals surface area (Å²) in [6, 6.07) is 45.3. The SMILES string of the molecule is COc1cc(C(=O)Nc2cc3c(OCCCS(=O)(=O)O)cccc3cc2S(=O)(=O)O)ccc1N=Nc1ccc(N=Nc2ccc(N=Nc3cc(C)c(N=Nc4ccc5cc(Nc6ccccc6)ccc5c4O)cc3C)cc2C)cc1C. The van der Waals surface area contributed by atoms with Crippen LogP contribution in [-0.4, -0.2) is 56.4 Å². The second kappa shape index (κ2) is 24.2. The first-order valence-corrected chi connectivity index (χ1v) is 28.0. The molecule has 0 aliphatic rings. The zero-order valence-corrected chi connectivity index (χ0v) is 45.9. The minimum Gasteiger partial charge on any atom is -0.505 e. The van der Waals surface area contributed by atoms with E-state index >= 15 is 0 Å². The summed E-state index contributed by atoms with van der Waals surface area (Å²) in [6.45, 7) is 7.48. The van der Waals surface area contributed by atoms with Gasteiger partial charge in [-0.1, -0.05) is 36.4 Å². The zero-order chi connectivity index (χ0) is 57.4. The quantitative estimate of drug-likeness (QED) is 0.0288. The van der Waals surface area contributed by atoms with E-state index in [1.54, 1.807) is 48.5 Å². The van der Waals surface area contributed by atoms with Gasteiger partial charge in [0.05, 0.1) is 59.3 Å². The van der Waals surface area contributed by atoms with E-state index < -0.39 is 36.8 Å². The average molecular weight is 1130 g/mol. The molecule has 1 amide bonds.